The predicted octanol–water partition coefficient (Wildman–Crippen LogP) is 1.48. The topological polar surface area (TPSA) is 65.8 Å². The van der Waals surface area contributed by atoms with Gasteiger partial charge in [-0.05, 0) is 42.9 Å². The monoisotopic (exact) mass is 379 g/mol. The van der Waals surface area contributed by atoms with Gasteiger partial charge >= 0.3 is 0 Å². The van der Waals surface area contributed by atoms with Gasteiger partial charge in [0.2, 0.25) is 10.0 Å². The highest BCUT2D eigenvalue weighted by Gasteiger charge is 2.27. The van der Waals surface area contributed by atoms with E-state index in [0.29, 0.717) is 31.4 Å². The molecule has 1 heterocycles. The van der Waals surface area contributed by atoms with Crippen molar-refractivity contribution in [1.29, 1.82) is 0 Å². The SMILES string of the molecule is CN(C)CCN(C)S(=O)(=O)c1cc(CNC2CC2)oc1Br. The zero-order valence-electron chi connectivity index (χ0n) is 12.6. The molecule has 0 atom stereocenters. The van der Waals surface area contributed by atoms with Crippen molar-refractivity contribution in [2.45, 2.75) is 30.3 Å². The fourth-order valence-electron chi connectivity index (χ4n) is 1.82. The molecule has 1 N–H and O–H groups in total. The Hall–Kier alpha value is -0.410. The van der Waals surface area contributed by atoms with Gasteiger partial charge in [-0.15, -0.1) is 0 Å². The second-order valence-electron chi connectivity index (χ2n) is 5.64. The van der Waals surface area contributed by atoms with E-state index in [4.69, 9.17) is 4.42 Å². The van der Waals surface area contributed by atoms with Crippen LogP contribution in [0.4, 0.5) is 0 Å². The van der Waals surface area contributed by atoms with Crippen molar-refractivity contribution in [2.24, 2.45) is 0 Å². The van der Waals surface area contributed by atoms with Crippen LogP contribution in [0.5, 0.6) is 0 Å². The number of rotatable bonds is 8. The van der Waals surface area contributed by atoms with Gasteiger partial charge < -0.3 is 14.6 Å². The third-order valence-corrected chi connectivity index (χ3v) is 6.11. The average Bonchev–Trinajstić information content (AvgIpc) is 3.15. The second-order valence-corrected chi connectivity index (χ2v) is 8.37. The van der Waals surface area contributed by atoms with Gasteiger partial charge in [0.1, 0.15) is 10.7 Å². The molecule has 1 saturated carbocycles. The van der Waals surface area contributed by atoms with Gasteiger partial charge in [0.15, 0.2) is 4.67 Å². The molecule has 0 amide bonds. The van der Waals surface area contributed by atoms with E-state index in [1.807, 2.05) is 19.0 Å². The van der Waals surface area contributed by atoms with E-state index in [1.165, 1.54) is 17.1 Å². The van der Waals surface area contributed by atoms with Gasteiger partial charge in [-0.1, -0.05) is 0 Å². The molecule has 6 nitrogen and oxygen atoms in total. The van der Waals surface area contributed by atoms with Crippen LogP contribution in [0.15, 0.2) is 20.0 Å². The van der Waals surface area contributed by atoms with Crippen molar-refractivity contribution in [3.05, 3.63) is 16.5 Å². The molecule has 2 rings (SSSR count). The minimum atomic E-state index is -3.53. The Bertz CT molecular complexity index is 581. The molecule has 0 unspecified atom stereocenters. The molecule has 120 valence electrons. The first kappa shape index (κ1) is 17.0. The summed E-state index contributed by atoms with van der Waals surface area (Å²) in [6.07, 6.45) is 2.36. The fraction of sp³-hybridized carbons (Fsp3) is 0.692. The smallest absolute Gasteiger partial charge is 0.247 e. The van der Waals surface area contributed by atoms with Crippen molar-refractivity contribution in [1.82, 2.24) is 14.5 Å². The molecular formula is C13H22BrN3O3S. The third-order valence-electron chi connectivity index (χ3n) is 3.40. The highest BCUT2D eigenvalue weighted by Crippen LogP contribution is 2.29. The number of likely N-dealkylation sites (N-methyl/N-ethyl adjacent to an activating group) is 2. The Morgan fingerprint density at radius 2 is 2.00 bits per heavy atom. The molecule has 1 fully saturated rings. The van der Waals surface area contributed by atoms with Crippen LogP contribution in [-0.2, 0) is 16.6 Å². The number of hydrogen-bond donors (Lipinski definition) is 1. The maximum Gasteiger partial charge on any atom is 0.247 e. The zero-order valence-corrected chi connectivity index (χ0v) is 15.0. The first-order valence-electron chi connectivity index (χ1n) is 6.93. The van der Waals surface area contributed by atoms with E-state index in [-0.39, 0.29) is 9.56 Å². The maximum atomic E-state index is 12.5. The van der Waals surface area contributed by atoms with Crippen molar-refractivity contribution >= 4 is 26.0 Å². The Labute approximate surface area is 134 Å². The Morgan fingerprint density at radius 3 is 2.57 bits per heavy atom. The van der Waals surface area contributed by atoms with Gasteiger partial charge in [0.05, 0.1) is 6.54 Å². The second kappa shape index (κ2) is 6.78. The molecule has 0 aliphatic heterocycles. The van der Waals surface area contributed by atoms with Gasteiger partial charge in [-0.3, -0.25) is 0 Å². The van der Waals surface area contributed by atoms with Crippen molar-refractivity contribution in [2.75, 3.05) is 34.2 Å². The predicted molar refractivity (Wildman–Crippen MR) is 84.6 cm³/mol. The Kier molecular flexibility index (Phi) is 5.48. The number of halogens is 1. The third kappa shape index (κ3) is 4.53. The summed E-state index contributed by atoms with van der Waals surface area (Å²) in [7, 11) is 1.88. The average molecular weight is 380 g/mol. The molecule has 1 aromatic rings. The largest absolute Gasteiger partial charge is 0.452 e. The minimum absolute atomic E-state index is 0.191. The fourth-order valence-corrected chi connectivity index (χ4v) is 3.94. The first-order valence-corrected chi connectivity index (χ1v) is 9.16. The van der Waals surface area contributed by atoms with Gasteiger partial charge in [0, 0.05) is 32.2 Å². The van der Waals surface area contributed by atoms with Gasteiger partial charge in [-0.25, -0.2) is 8.42 Å². The van der Waals surface area contributed by atoms with E-state index in [0.717, 1.165) is 0 Å². The lowest BCUT2D eigenvalue weighted by Crippen LogP contribution is -2.33. The summed E-state index contributed by atoms with van der Waals surface area (Å²) in [6.45, 7) is 1.66. The maximum absolute atomic E-state index is 12.5. The van der Waals surface area contributed by atoms with Crippen LogP contribution in [0, 0.1) is 0 Å². The molecule has 1 aliphatic rings. The molecule has 0 spiro atoms. The van der Waals surface area contributed by atoms with E-state index in [9.17, 15) is 8.42 Å². The summed E-state index contributed by atoms with van der Waals surface area (Å²) in [5.74, 6) is 0.633. The standard InChI is InChI=1S/C13H22BrN3O3S/c1-16(2)6-7-17(3)21(18,19)12-8-11(20-13(12)14)9-15-10-4-5-10/h8,10,15H,4-7,9H2,1-3H3. The van der Waals surface area contributed by atoms with Crippen LogP contribution in [0.25, 0.3) is 0 Å². The van der Waals surface area contributed by atoms with Crippen LogP contribution < -0.4 is 5.32 Å². The molecule has 0 aromatic carbocycles. The molecule has 0 radical (unpaired) electrons. The molecule has 1 aromatic heterocycles. The number of nitrogens with zero attached hydrogens (tertiary/aromatic N) is 2. The summed E-state index contributed by atoms with van der Waals surface area (Å²) >= 11 is 3.21. The van der Waals surface area contributed by atoms with Crippen LogP contribution >= 0.6 is 15.9 Å². The van der Waals surface area contributed by atoms with Crippen LogP contribution in [0.2, 0.25) is 0 Å². The lowest BCUT2D eigenvalue weighted by molar-refractivity contribution is 0.358. The van der Waals surface area contributed by atoms with E-state index in [1.54, 1.807) is 13.1 Å². The van der Waals surface area contributed by atoms with Crippen molar-refractivity contribution in [3.8, 4) is 0 Å². The highest BCUT2D eigenvalue weighted by molar-refractivity contribution is 9.10. The summed E-state index contributed by atoms with van der Waals surface area (Å²) in [4.78, 5) is 2.14. The molecule has 0 bridgehead atoms. The molecular weight excluding hydrogens is 358 g/mol. The number of furan rings is 1. The molecule has 21 heavy (non-hydrogen) atoms. The Balaban J connectivity index is 2.07. The minimum Gasteiger partial charge on any atom is -0.452 e. The number of hydrogen-bond acceptors (Lipinski definition) is 5. The van der Waals surface area contributed by atoms with Gasteiger partial charge in [0.25, 0.3) is 0 Å². The van der Waals surface area contributed by atoms with Crippen molar-refractivity contribution < 1.29 is 12.8 Å². The summed E-state index contributed by atoms with van der Waals surface area (Å²) < 4.78 is 32.2. The molecule has 1 aliphatic carbocycles. The van der Waals surface area contributed by atoms with Gasteiger partial charge in [-0.2, -0.15) is 4.31 Å². The normalized spacial score (nSPS) is 16.1. The molecule has 8 heteroatoms. The van der Waals surface area contributed by atoms with Crippen LogP contribution in [-0.4, -0.2) is 57.9 Å². The lowest BCUT2D eigenvalue weighted by atomic mass is 10.4. The van der Waals surface area contributed by atoms with Crippen LogP contribution in [0.1, 0.15) is 18.6 Å². The first-order chi connectivity index (χ1) is 9.80. The van der Waals surface area contributed by atoms with E-state index >= 15 is 0 Å². The number of nitrogens with one attached hydrogen (secondary N) is 1. The summed E-state index contributed by atoms with van der Waals surface area (Å²) in [6, 6.07) is 2.15. The van der Waals surface area contributed by atoms with E-state index in [2.05, 4.69) is 21.2 Å². The molecule has 0 saturated heterocycles. The number of sulfonamides is 1. The summed E-state index contributed by atoms with van der Waals surface area (Å²) in [5.41, 5.74) is 0. The van der Waals surface area contributed by atoms with Crippen LogP contribution in [0.3, 0.4) is 0 Å². The zero-order chi connectivity index (χ0) is 15.6. The Morgan fingerprint density at radius 1 is 1.33 bits per heavy atom. The lowest BCUT2D eigenvalue weighted by Gasteiger charge is -2.18. The highest BCUT2D eigenvalue weighted by atomic mass is 79.9. The van der Waals surface area contributed by atoms with E-state index < -0.39 is 10.0 Å². The summed E-state index contributed by atoms with van der Waals surface area (Å²) in [5, 5.41) is 3.30. The van der Waals surface area contributed by atoms with Crippen molar-refractivity contribution in [3.63, 3.8) is 0 Å². The quantitative estimate of drug-likeness (QED) is 0.740.